The van der Waals surface area contributed by atoms with Gasteiger partial charge in [0.1, 0.15) is 5.82 Å². The second-order valence-corrected chi connectivity index (χ2v) is 16.6. The van der Waals surface area contributed by atoms with Crippen LogP contribution in [0.1, 0.15) is 69.1 Å². The Morgan fingerprint density at radius 3 is 1.49 bits per heavy atom. The van der Waals surface area contributed by atoms with Gasteiger partial charge in [0.05, 0.1) is 0 Å². The molecular weight excluding hydrogens is 622 g/mol. The van der Waals surface area contributed by atoms with Crippen LogP contribution in [0.2, 0.25) is 0 Å². The average molecular weight is 666 g/mol. The molecule has 0 saturated heterocycles. The molecule has 2 heteroatoms. The normalized spacial score (nSPS) is 23.5. The molecule has 0 radical (unpaired) electrons. The average Bonchev–Trinajstić information content (AvgIpc) is 3.38. The number of hydrogen-bond acceptors (Lipinski definition) is 1. The quantitative estimate of drug-likeness (QED) is 0.171. The van der Waals surface area contributed by atoms with E-state index in [1.54, 1.807) is 5.56 Å². The maximum Gasteiger partial charge on any atom is 0.123 e. The number of rotatable bonds is 6. The van der Waals surface area contributed by atoms with Crippen LogP contribution in [-0.2, 0) is 10.8 Å². The molecule has 11 rings (SSSR count). The van der Waals surface area contributed by atoms with Crippen molar-refractivity contribution >= 4 is 17.1 Å². The summed E-state index contributed by atoms with van der Waals surface area (Å²) in [4.78, 5) is 2.37. The van der Waals surface area contributed by atoms with Crippen LogP contribution in [0.4, 0.5) is 21.5 Å². The first-order valence-corrected chi connectivity index (χ1v) is 18.9. The van der Waals surface area contributed by atoms with E-state index in [1.165, 1.54) is 84.0 Å². The van der Waals surface area contributed by atoms with Crippen molar-refractivity contribution in [1.82, 2.24) is 0 Å². The van der Waals surface area contributed by atoms with Crippen LogP contribution in [0.25, 0.3) is 33.4 Å². The second-order valence-electron chi connectivity index (χ2n) is 16.6. The molecule has 0 aliphatic heterocycles. The highest BCUT2D eigenvalue weighted by Crippen LogP contribution is 2.61. The highest BCUT2D eigenvalue weighted by atomic mass is 19.1. The summed E-state index contributed by atoms with van der Waals surface area (Å²) in [6.07, 6.45) is 8.65. The molecule has 6 aromatic rings. The Bertz CT molecular complexity index is 2210. The smallest absolute Gasteiger partial charge is 0.123 e. The minimum Gasteiger partial charge on any atom is -0.310 e. The van der Waals surface area contributed by atoms with Crippen molar-refractivity contribution in [2.75, 3.05) is 4.90 Å². The molecule has 4 fully saturated rings. The Kier molecular flexibility index (Phi) is 6.98. The number of benzene rings is 6. The van der Waals surface area contributed by atoms with Gasteiger partial charge in [-0.25, -0.2) is 4.39 Å². The molecule has 0 spiro atoms. The molecule has 0 atom stereocenters. The zero-order valence-corrected chi connectivity index (χ0v) is 29.6. The van der Waals surface area contributed by atoms with Crippen molar-refractivity contribution in [2.24, 2.45) is 17.8 Å². The Labute approximate surface area is 301 Å². The van der Waals surface area contributed by atoms with Crippen molar-refractivity contribution in [3.8, 4) is 33.4 Å². The number of nitrogens with zero attached hydrogens (tertiary/aromatic N) is 1. The Hall–Kier alpha value is -4.95. The molecule has 252 valence electrons. The molecule has 4 saturated carbocycles. The van der Waals surface area contributed by atoms with Gasteiger partial charge in [-0.15, -0.1) is 0 Å². The molecule has 4 bridgehead atoms. The highest BCUT2D eigenvalue weighted by Gasteiger charge is 2.51. The summed E-state index contributed by atoms with van der Waals surface area (Å²) >= 11 is 0. The Balaban J connectivity index is 0.998. The molecule has 1 nitrogen and oxygen atoms in total. The number of anilines is 3. The summed E-state index contributed by atoms with van der Waals surface area (Å²) < 4.78 is 13.7. The van der Waals surface area contributed by atoms with Crippen molar-refractivity contribution in [1.29, 1.82) is 0 Å². The first-order chi connectivity index (χ1) is 24.8. The van der Waals surface area contributed by atoms with Gasteiger partial charge in [0.15, 0.2) is 0 Å². The second kappa shape index (κ2) is 11.5. The van der Waals surface area contributed by atoms with Crippen molar-refractivity contribution in [3.05, 3.63) is 162 Å². The van der Waals surface area contributed by atoms with E-state index in [0.717, 1.165) is 45.9 Å². The van der Waals surface area contributed by atoms with Gasteiger partial charge in [0.2, 0.25) is 0 Å². The van der Waals surface area contributed by atoms with Crippen LogP contribution in [-0.4, -0.2) is 0 Å². The van der Waals surface area contributed by atoms with Gasteiger partial charge in [-0.1, -0.05) is 105 Å². The molecular formula is C49H44FN. The standard InChI is InChI=1S/C49H44FN/c1-48(2)46-6-4-3-5-44(46)45-24-23-43(28-47(45)48)51(42-21-13-38(14-22-42)36-9-17-40(50)18-10-36)41-19-11-37(12-20-41)35-7-15-39(16-8-35)49-29-32-25-33(30-49)27-34(26-32)31-49/h3-24,28,32-34H,25-27,29-31H2,1-2H3. The maximum atomic E-state index is 13.7. The largest absolute Gasteiger partial charge is 0.310 e. The van der Waals surface area contributed by atoms with Crippen LogP contribution in [0.5, 0.6) is 0 Å². The minimum absolute atomic E-state index is 0.0910. The van der Waals surface area contributed by atoms with Crippen molar-refractivity contribution in [3.63, 3.8) is 0 Å². The zero-order valence-electron chi connectivity index (χ0n) is 29.6. The van der Waals surface area contributed by atoms with Gasteiger partial charge in [0.25, 0.3) is 0 Å². The van der Waals surface area contributed by atoms with Gasteiger partial charge in [-0.2, -0.15) is 0 Å². The first kappa shape index (κ1) is 30.8. The highest BCUT2D eigenvalue weighted by molar-refractivity contribution is 5.86. The van der Waals surface area contributed by atoms with E-state index in [0.29, 0.717) is 5.41 Å². The van der Waals surface area contributed by atoms with Crippen LogP contribution in [0.15, 0.2) is 140 Å². The maximum absolute atomic E-state index is 13.7. The first-order valence-electron chi connectivity index (χ1n) is 18.9. The van der Waals surface area contributed by atoms with Crippen LogP contribution in [0.3, 0.4) is 0 Å². The summed E-state index contributed by atoms with van der Waals surface area (Å²) in [6, 6.07) is 49.9. The van der Waals surface area contributed by atoms with Gasteiger partial charge >= 0.3 is 0 Å². The lowest BCUT2D eigenvalue weighted by molar-refractivity contribution is -0.00518. The van der Waals surface area contributed by atoms with E-state index >= 15 is 0 Å². The van der Waals surface area contributed by atoms with E-state index < -0.39 is 0 Å². The number of hydrogen-bond donors (Lipinski definition) is 0. The van der Waals surface area contributed by atoms with Gasteiger partial charge in [-0.3, -0.25) is 0 Å². The van der Waals surface area contributed by atoms with Crippen LogP contribution >= 0.6 is 0 Å². The number of fused-ring (bicyclic) bond motifs is 3. The molecule has 0 N–H and O–H groups in total. The van der Waals surface area contributed by atoms with E-state index in [-0.39, 0.29) is 11.2 Å². The lowest BCUT2D eigenvalue weighted by Gasteiger charge is -2.57. The van der Waals surface area contributed by atoms with Gasteiger partial charge in [-0.05, 0) is 160 Å². The molecule has 0 amide bonds. The summed E-state index contributed by atoms with van der Waals surface area (Å²) in [5.74, 6) is 2.65. The fourth-order valence-electron chi connectivity index (χ4n) is 11.0. The molecule has 0 aromatic heterocycles. The van der Waals surface area contributed by atoms with Crippen LogP contribution < -0.4 is 4.90 Å². The molecule has 6 aromatic carbocycles. The van der Waals surface area contributed by atoms with Gasteiger partial charge < -0.3 is 4.90 Å². The van der Waals surface area contributed by atoms with E-state index in [9.17, 15) is 4.39 Å². The summed E-state index contributed by atoms with van der Waals surface area (Å²) in [5.41, 5.74) is 15.2. The summed E-state index contributed by atoms with van der Waals surface area (Å²) in [6.45, 7) is 4.68. The molecule has 5 aliphatic carbocycles. The summed E-state index contributed by atoms with van der Waals surface area (Å²) in [7, 11) is 0. The van der Waals surface area contributed by atoms with Crippen molar-refractivity contribution < 1.29 is 4.39 Å². The Morgan fingerprint density at radius 2 is 0.941 bits per heavy atom. The van der Waals surface area contributed by atoms with E-state index in [1.807, 2.05) is 12.1 Å². The van der Waals surface area contributed by atoms with Crippen LogP contribution in [0, 0.1) is 23.6 Å². The summed E-state index contributed by atoms with van der Waals surface area (Å²) in [5, 5.41) is 0. The minimum atomic E-state index is -0.217. The molecule has 0 unspecified atom stereocenters. The Morgan fingerprint density at radius 1 is 0.490 bits per heavy atom. The zero-order chi connectivity index (χ0) is 34.3. The van der Waals surface area contributed by atoms with E-state index in [2.05, 4.69) is 134 Å². The predicted octanol–water partition coefficient (Wildman–Crippen LogP) is 13.4. The molecule has 0 heterocycles. The molecule has 5 aliphatic rings. The number of halogens is 1. The monoisotopic (exact) mass is 665 g/mol. The van der Waals surface area contributed by atoms with Gasteiger partial charge in [0, 0.05) is 22.5 Å². The SMILES string of the molecule is CC1(C)c2ccccc2-c2ccc(N(c3ccc(-c4ccc(F)cc4)cc3)c3ccc(-c4ccc(C56CC7CC(CC(C7)C5)C6)cc4)cc3)cc21. The third kappa shape index (κ3) is 5.09. The third-order valence-electron chi connectivity index (χ3n) is 13.1. The van der Waals surface area contributed by atoms with Crippen molar-refractivity contribution in [2.45, 2.75) is 63.2 Å². The lowest BCUT2D eigenvalue weighted by atomic mass is 9.48. The van der Waals surface area contributed by atoms with E-state index in [4.69, 9.17) is 0 Å². The predicted molar refractivity (Wildman–Crippen MR) is 209 cm³/mol. The molecule has 51 heavy (non-hydrogen) atoms. The lowest BCUT2D eigenvalue weighted by Crippen LogP contribution is -2.48. The third-order valence-corrected chi connectivity index (χ3v) is 13.1. The topological polar surface area (TPSA) is 3.24 Å². The fourth-order valence-corrected chi connectivity index (χ4v) is 11.0. The fraction of sp³-hybridized carbons (Fsp3) is 0.265.